The van der Waals surface area contributed by atoms with Crippen molar-refractivity contribution in [3.8, 4) is 0 Å². The molecule has 1 aromatic heterocycles. The van der Waals surface area contributed by atoms with Gasteiger partial charge in [0.2, 0.25) is 0 Å². The summed E-state index contributed by atoms with van der Waals surface area (Å²) in [6, 6.07) is 4.39. The predicted octanol–water partition coefficient (Wildman–Crippen LogP) is 4.55. The number of unbranched alkanes of at least 4 members (excludes halogenated alkanes) is 5. The molecule has 90 valence electrons. The number of nitrogens with zero attached hydrogens (tertiary/aromatic N) is 1. The van der Waals surface area contributed by atoms with Crippen LogP contribution in [0.5, 0.6) is 0 Å². The third kappa shape index (κ3) is 5.29. The third-order valence-electron chi connectivity index (χ3n) is 3.07. The van der Waals surface area contributed by atoms with Crippen molar-refractivity contribution in [3.05, 3.63) is 29.6 Å². The molecule has 0 fully saturated rings. The van der Waals surface area contributed by atoms with Gasteiger partial charge in [-0.15, -0.1) is 0 Å². The van der Waals surface area contributed by atoms with Crippen molar-refractivity contribution in [2.24, 2.45) is 0 Å². The molecule has 0 saturated heterocycles. The molecule has 16 heavy (non-hydrogen) atoms. The van der Waals surface area contributed by atoms with Gasteiger partial charge in [-0.1, -0.05) is 52.0 Å². The molecule has 0 atom stereocenters. The van der Waals surface area contributed by atoms with E-state index in [0.29, 0.717) is 0 Å². The molecule has 0 aliphatic heterocycles. The summed E-state index contributed by atoms with van der Waals surface area (Å²) in [5.41, 5.74) is 2.60. The SMILES string of the molecule is CCCCCCCCc1ccc(CC)nc1. The minimum absolute atomic E-state index is 1.04. The summed E-state index contributed by atoms with van der Waals surface area (Å²) >= 11 is 0. The van der Waals surface area contributed by atoms with Gasteiger partial charge in [0.25, 0.3) is 0 Å². The second kappa shape index (κ2) is 8.32. The van der Waals surface area contributed by atoms with Crippen molar-refractivity contribution < 1.29 is 0 Å². The van der Waals surface area contributed by atoms with E-state index in [1.165, 1.54) is 56.2 Å². The summed E-state index contributed by atoms with van der Waals surface area (Å²) in [7, 11) is 0. The fourth-order valence-electron chi connectivity index (χ4n) is 1.92. The second-order valence-electron chi connectivity index (χ2n) is 4.53. The Labute approximate surface area is 100 Å². The van der Waals surface area contributed by atoms with E-state index >= 15 is 0 Å². The van der Waals surface area contributed by atoms with Crippen LogP contribution in [-0.4, -0.2) is 4.98 Å². The van der Waals surface area contributed by atoms with Crippen LogP contribution in [-0.2, 0) is 12.8 Å². The van der Waals surface area contributed by atoms with E-state index in [2.05, 4.69) is 31.0 Å². The number of hydrogen-bond acceptors (Lipinski definition) is 1. The van der Waals surface area contributed by atoms with Crippen LogP contribution in [0, 0.1) is 0 Å². The smallest absolute Gasteiger partial charge is 0.0401 e. The van der Waals surface area contributed by atoms with Crippen molar-refractivity contribution in [1.29, 1.82) is 0 Å². The minimum atomic E-state index is 1.04. The van der Waals surface area contributed by atoms with Crippen LogP contribution >= 0.6 is 0 Å². The van der Waals surface area contributed by atoms with E-state index in [9.17, 15) is 0 Å². The van der Waals surface area contributed by atoms with Crippen LogP contribution in [0.15, 0.2) is 18.3 Å². The van der Waals surface area contributed by atoms with Crippen molar-refractivity contribution >= 4 is 0 Å². The molecular formula is C15H25N. The molecule has 0 aliphatic rings. The Hall–Kier alpha value is -0.850. The number of pyridine rings is 1. The highest BCUT2D eigenvalue weighted by molar-refractivity contribution is 5.13. The number of rotatable bonds is 8. The van der Waals surface area contributed by atoms with Crippen LogP contribution in [0.2, 0.25) is 0 Å². The van der Waals surface area contributed by atoms with Gasteiger partial charge in [0.05, 0.1) is 0 Å². The summed E-state index contributed by atoms with van der Waals surface area (Å²) < 4.78 is 0. The molecule has 0 spiro atoms. The maximum atomic E-state index is 4.43. The van der Waals surface area contributed by atoms with Gasteiger partial charge in [0.15, 0.2) is 0 Å². The van der Waals surface area contributed by atoms with Crippen molar-refractivity contribution in [1.82, 2.24) is 4.98 Å². The van der Waals surface area contributed by atoms with Gasteiger partial charge in [-0.25, -0.2) is 0 Å². The van der Waals surface area contributed by atoms with E-state index in [-0.39, 0.29) is 0 Å². The highest BCUT2D eigenvalue weighted by Gasteiger charge is 1.95. The molecule has 0 aromatic carbocycles. The quantitative estimate of drug-likeness (QED) is 0.585. The van der Waals surface area contributed by atoms with Crippen molar-refractivity contribution in [2.45, 2.75) is 65.2 Å². The van der Waals surface area contributed by atoms with Crippen LogP contribution in [0.4, 0.5) is 0 Å². The fourth-order valence-corrected chi connectivity index (χ4v) is 1.92. The van der Waals surface area contributed by atoms with Crippen LogP contribution in [0.25, 0.3) is 0 Å². The number of aromatic nitrogens is 1. The molecular weight excluding hydrogens is 194 g/mol. The average molecular weight is 219 g/mol. The number of hydrogen-bond donors (Lipinski definition) is 0. The largest absolute Gasteiger partial charge is 0.261 e. The lowest BCUT2D eigenvalue weighted by Crippen LogP contribution is -1.91. The first-order valence-electron chi connectivity index (χ1n) is 6.80. The molecule has 0 aliphatic carbocycles. The Balaban J connectivity index is 2.12. The third-order valence-corrected chi connectivity index (χ3v) is 3.07. The molecule has 0 amide bonds. The van der Waals surface area contributed by atoms with Gasteiger partial charge in [-0.05, 0) is 30.9 Å². The molecule has 0 radical (unpaired) electrons. The van der Waals surface area contributed by atoms with Gasteiger partial charge in [-0.3, -0.25) is 4.98 Å². The van der Waals surface area contributed by atoms with Gasteiger partial charge in [0, 0.05) is 11.9 Å². The first-order chi connectivity index (χ1) is 7.86. The van der Waals surface area contributed by atoms with Crippen LogP contribution in [0.3, 0.4) is 0 Å². The topological polar surface area (TPSA) is 12.9 Å². The summed E-state index contributed by atoms with van der Waals surface area (Å²) in [5.74, 6) is 0. The molecule has 1 aromatic rings. The van der Waals surface area contributed by atoms with E-state index in [4.69, 9.17) is 0 Å². The highest BCUT2D eigenvalue weighted by Crippen LogP contribution is 2.09. The molecule has 0 saturated carbocycles. The lowest BCUT2D eigenvalue weighted by atomic mass is 10.1. The molecule has 0 bridgehead atoms. The Bertz CT molecular complexity index is 263. The maximum absolute atomic E-state index is 4.43. The van der Waals surface area contributed by atoms with Crippen LogP contribution < -0.4 is 0 Å². The summed E-state index contributed by atoms with van der Waals surface area (Å²) in [6.07, 6.45) is 12.5. The molecule has 1 nitrogen and oxygen atoms in total. The zero-order valence-corrected chi connectivity index (χ0v) is 10.8. The summed E-state index contributed by atoms with van der Waals surface area (Å²) in [4.78, 5) is 4.43. The van der Waals surface area contributed by atoms with Gasteiger partial charge < -0.3 is 0 Å². The lowest BCUT2D eigenvalue weighted by Gasteiger charge is -2.02. The van der Waals surface area contributed by atoms with Gasteiger partial charge >= 0.3 is 0 Å². The zero-order chi connectivity index (χ0) is 11.6. The lowest BCUT2D eigenvalue weighted by molar-refractivity contribution is 0.607. The second-order valence-corrected chi connectivity index (χ2v) is 4.53. The summed E-state index contributed by atoms with van der Waals surface area (Å²) in [6.45, 7) is 4.41. The monoisotopic (exact) mass is 219 g/mol. The van der Waals surface area contributed by atoms with E-state index in [1.807, 2.05) is 6.20 Å². The molecule has 0 N–H and O–H groups in total. The Morgan fingerprint density at radius 2 is 1.69 bits per heavy atom. The van der Waals surface area contributed by atoms with E-state index < -0.39 is 0 Å². The van der Waals surface area contributed by atoms with Gasteiger partial charge in [0.1, 0.15) is 0 Å². The van der Waals surface area contributed by atoms with Crippen molar-refractivity contribution in [2.75, 3.05) is 0 Å². The van der Waals surface area contributed by atoms with Gasteiger partial charge in [-0.2, -0.15) is 0 Å². The predicted molar refractivity (Wildman–Crippen MR) is 70.7 cm³/mol. The standard InChI is InChI=1S/C15H25N/c1-3-5-6-7-8-9-10-14-11-12-15(4-2)16-13-14/h11-13H,3-10H2,1-2H3. The molecule has 1 rings (SSSR count). The average Bonchev–Trinajstić information content (AvgIpc) is 2.34. The molecule has 1 heterocycles. The zero-order valence-electron chi connectivity index (χ0n) is 10.8. The summed E-state index contributed by atoms with van der Waals surface area (Å²) in [5, 5.41) is 0. The van der Waals surface area contributed by atoms with Crippen LogP contribution in [0.1, 0.15) is 63.6 Å². The molecule has 0 unspecified atom stereocenters. The highest BCUT2D eigenvalue weighted by atomic mass is 14.7. The maximum Gasteiger partial charge on any atom is 0.0401 e. The minimum Gasteiger partial charge on any atom is -0.261 e. The van der Waals surface area contributed by atoms with E-state index in [0.717, 1.165) is 6.42 Å². The fraction of sp³-hybridized carbons (Fsp3) is 0.667. The van der Waals surface area contributed by atoms with Crippen molar-refractivity contribution in [3.63, 3.8) is 0 Å². The Morgan fingerprint density at radius 1 is 0.938 bits per heavy atom. The first-order valence-corrected chi connectivity index (χ1v) is 6.80. The number of aryl methyl sites for hydroxylation is 2. The molecule has 1 heteroatoms. The normalized spacial score (nSPS) is 10.6. The first kappa shape index (κ1) is 13.2. The Kier molecular flexibility index (Phi) is 6.87. The van der Waals surface area contributed by atoms with E-state index in [1.54, 1.807) is 0 Å². The Morgan fingerprint density at radius 3 is 2.31 bits per heavy atom.